The number of sulfonamides is 1. The van der Waals surface area contributed by atoms with E-state index in [1.54, 1.807) is 47.8 Å². The molecule has 0 spiro atoms. The molecule has 0 atom stereocenters. The molecule has 1 N–H and O–H groups in total. The number of aromatic nitrogens is 1. The van der Waals surface area contributed by atoms with Crippen LogP contribution in [0.15, 0.2) is 75.6 Å². The zero-order valence-corrected chi connectivity index (χ0v) is 21.1. The van der Waals surface area contributed by atoms with Gasteiger partial charge in [-0.3, -0.25) is 0 Å². The Morgan fingerprint density at radius 3 is 2.60 bits per heavy atom. The highest BCUT2D eigenvalue weighted by molar-refractivity contribution is 7.89. The number of aliphatic hydroxyl groups is 1. The molecule has 2 aromatic heterocycles. The molecule has 0 unspecified atom stereocenters. The topological polar surface area (TPSA) is 102 Å². The number of benzene rings is 2. The lowest BCUT2D eigenvalue weighted by Crippen LogP contribution is -2.30. The van der Waals surface area contributed by atoms with Crippen molar-refractivity contribution in [2.75, 3.05) is 7.11 Å². The van der Waals surface area contributed by atoms with E-state index >= 15 is 0 Å². The highest BCUT2D eigenvalue weighted by atomic mass is 35.5. The molecule has 11 heteroatoms. The largest absolute Gasteiger partial charge is 0.497 e. The average Bonchev–Trinajstić information content (AvgIpc) is 3.55. The number of nitrogens with zero attached hydrogens (tertiary/aromatic N) is 2. The maximum atomic E-state index is 13.6. The summed E-state index contributed by atoms with van der Waals surface area (Å²) in [7, 11) is -2.40. The molecule has 4 aromatic rings. The second-order valence-corrected chi connectivity index (χ2v) is 10.8. The number of ether oxygens (including phenoxy) is 2. The van der Waals surface area contributed by atoms with Gasteiger partial charge in [0.05, 0.1) is 37.1 Å². The quantitative estimate of drug-likeness (QED) is 0.293. The Hall–Kier alpha value is -2.89. The molecule has 8 nitrogen and oxygen atoms in total. The van der Waals surface area contributed by atoms with Gasteiger partial charge in [0.15, 0.2) is 0 Å². The van der Waals surface area contributed by atoms with E-state index in [9.17, 15) is 13.5 Å². The molecule has 0 saturated heterocycles. The summed E-state index contributed by atoms with van der Waals surface area (Å²) in [5.74, 6) is 1.52. The summed E-state index contributed by atoms with van der Waals surface area (Å²) >= 11 is 7.63. The molecular formula is C24H23ClN2O6S2. The molecule has 0 fully saturated rings. The monoisotopic (exact) mass is 534 g/mol. The van der Waals surface area contributed by atoms with Crippen LogP contribution in [0.4, 0.5) is 0 Å². The Morgan fingerprint density at radius 1 is 1.14 bits per heavy atom. The molecule has 4 rings (SSSR count). The Morgan fingerprint density at radius 2 is 1.94 bits per heavy atom. The predicted molar refractivity (Wildman–Crippen MR) is 132 cm³/mol. The van der Waals surface area contributed by atoms with Gasteiger partial charge < -0.3 is 19.0 Å². The van der Waals surface area contributed by atoms with Crippen LogP contribution in [-0.4, -0.2) is 29.9 Å². The van der Waals surface area contributed by atoms with Crippen molar-refractivity contribution in [2.24, 2.45) is 0 Å². The summed E-state index contributed by atoms with van der Waals surface area (Å²) in [4.78, 5) is 4.40. The Bertz CT molecular complexity index is 1360. The fourth-order valence-electron chi connectivity index (χ4n) is 3.33. The van der Waals surface area contributed by atoms with Gasteiger partial charge in [-0.2, -0.15) is 4.31 Å². The highest BCUT2D eigenvalue weighted by Gasteiger charge is 2.27. The smallest absolute Gasteiger partial charge is 0.243 e. The molecule has 2 heterocycles. The predicted octanol–water partition coefficient (Wildman–Crippen LogP) is 4.86. The average molecular weight is 535 g/mol. The highest BCUT2D eigenvalue weighted by Crippen LogP contribution is 2.29. The first kappa shape index (κ1) is 25.2. The molecule has 35 heavy (non-hydrogen) atoms. The SMILES string of the molecule is COc1ccc(S(=O)(=O)N(Cc2ccco2)Cc2cc(Cl)ccc2OCc2nc(CO)cs2)cc1. The van der Waals surface area contributed by atoms with Crippen LogP contribution in [0.5, 0.6) is 11.5 Å². The standard InChI is InChI=1S/C24H23ClN2O6S2/c1-31-20-5-7-22(8-6-20)35(29,30)27(13-21-3-2-10-32-21)12-17-11-18(25)4-9-23(17)33-15-24-26-19(14-28)16-34-24/h2-11,16,28H,12-15H2,1H3. The Labute approximate surface area is 212 Å². The van der Waals surface area contributed by atoms with Crippen molar-refractivity contribution in [1.82, 2.24) is 9.29 Å². The van der Waals surface area contributed by atoms with Crippen molar-refractivity contribution < 1.29 is 27.4 Å². The zero-order valence-electron chi connectivity index (χ0n) is 18.8. The van der Waals surface area contributed by atoms with Gasteiger partial charge in [-0.25, -0.2) is 13.4 Å². The fraction of sp³-hybridized carbons (Fsp3) is 0.208. The number of hydrogen-bond acceptors (Lipinski definition) is 8. The maximum absolute atomic E-state index is 13.6. The van der Waals surface area contributed by atoms with Gasteiger partial charge in [0.25, 0.3) is 0 Å². The van der Waals surface area contributed by atoms with Crippen molar-refractivity contribution in [1.29, 1.82) is 0 Å². The van der Waals surface area contributed by atoms with Gasteiger partial charge in [-0.1, -0.05) is 11.6 Å². The van der Waals surface area contributed by atoms with E-state index in [0.717, 1.165) is 0 Å². The third-order valence-corrected chi connectivity index (χ3v) is 8.00. The van der Waals surface area contributed by atoms with Crippen molar-refractivity contribution in [3.05, 3.63) is 93.3 Å². The minimum Gasteiger partial charge on any atom is -0.497 e. The summed E-state index contributed by atoms with van der Waals surface area (Å²) < 4.78 is 45.1. The molecule has 2 aromatic carbocycles. The Kier molecular flexibility index (Phi) is 8.09. The van der Waals surface area contributed by atoms with E-state index in [-0.39, 0.29) is 31.2 Å². The van der Waals surface area contributed by atoms with Gasteiger partial charge in [0.1, 0.15) is 28.9 Å². The molecule has 0 aliphatic rings. The van der Waals surface area contributed by atoms with Gasteiger partial charge in [0, 0.05) is 22.5 Å². The number of thiazole rings is 1. The normalized spacial score (nSPS) is 11.7. The molecule has 0 bridgehead atoms. The number of aliphatic hydroxyl groups excluding tert-OH is 1. The first-order chi connectivity index (χ1) is 16.9. The summed E-state index contributed by atoms with van der Waals surface area (Å²) in [5, 5.41) is 12.1. The number of methoxy groups -OCH3 is 1. The molecule has 0 aliphatic heterocycles. The second kappa shape index (κ2) is 11.2. The summed E-state index contributed by atoms with van der Waals surface area (Å²) in [6.45, 7) is 0.0285. The molecule has 0 aliphatic carbocycles. The summed E-state index contributed by atoms with van der Waals surface area (Å²) in [5.41, 5.74) is 1.15. The van der Waals surface area contributed by atoms with Crippen LogP contribution in [0.25, 0.3) is 0 Å². The summed E-state index contributed by atoms with van der Waals surface area (Å²) in [6.07, 6.45) is 1.50. The van der Waals surface area contributed by atoms with Crippen LogP contribution >= 0.6 is 22.9 Å². The number of hydrogen-bond donors (Lipinski definition) is 1. The van der Waals surface area contributed by atoms with Gasteiger partial charge in [0.2, 0.25) is 10.0 Å². The minimum absolute atomic E-state index is 0.00921. The molecule has 0 saturated carbocycles. The second-order valence-electron chi connectivity index (χ2n) is 7.46. The van der Waals surface area contributed by atoms with E-state index in [4.69, 9.17) is 25.5 Å². The molecule has 0 amide bonds. The van der Waals surface area contributed by atoms with Crippen molar-refractivity contribution in [2.45, 2.75) is 31.2 Å². The lowest BCUT2D eigenvalue weighted by atomic mass is 10.2. The minimum atomic E-state index is -3.92. The van der Waals surface area contributed by atoms with E-state index in [0.29, 0.717) is 38.5 Å². The van der Waals surface area contributed by atoms with Crippen molar-refractivity contribution in [3.63, 3.8) is 0 Å². The van der Waals surface area contributed by atoms with E-state index in [1.807, 2.05) is 0 Å². The Balaban J connectivity index is 1.63. The van der Waals surface area contributed by atoms with Gasteiger partial charge >= 0.3 is 0 Å². The van der Waals surface area contributed by atoms with Crippen LogP contribution in [-0.2, 0) is 36.3 Å². The number of halogens is 1. The summed E-state index contributed by atoms with van der Waals surface area (Å²) in [6, 6.07) is 14.7. The van der Waals surface area contributed by atoms with Crippen LogP contribution in [0.1, 0.15) is 22.0 Å². The van der Waals surface area contributed by atoms with E-state index in [1.165, 1.54) is 41.1 Å². The van der Waals surface area contributed by atoms with E-state index < -0.39 is 10.0 Å². The van der Waals surface area contributed by atoms with Crippen molar-refractivity contribution >= 4 is 33.0 Å². The van der Waals surface area contributed by atoms with Crippen LogP contribution in [0, 0.1) is 0 Å². The third-order valence-electron chi connectivity index (χ3n) is 5.09. The first-order valence-electron chi connectivity index (χ1n) is 10.5. The molecule has 0 radical (unpaired) electrons. The zero-order chi connectivity index (χ0) is 24.8. The van der Waals surface area contributed by atoms with Crippen LogP contribution in [0.2, 0.25) is 5.02 Å². The van der Waals surface area contributed by atoms with Crippen molar-refractivity contribution in [3.8, 4) is 11.5 Å². The molecule has 184 valence electrons. The van der Waals surface area contributed by atoms with Crippen LogP contribution < -0.4 is 9.47 Å². The molecular weight excluding hydrogens is 512 g/mol. The lowest BCUT2D eigenvalue weighted by molar-refractivity contribution is 0.274. The van der Waals surface area contributed by atoms with Gasteiger partial charge in [-0.05, 0) is 54.6 Å². The number of furan rings is 1. The van der Waals surface area contributed by atoms with Gasteiger partial charge in [-0.15, -0.1) is 11.3 Å². The van der Waals surface area contributed by atoms with Crippen LogP contribution in [0.3, 0.4) is 0 Å². The van der Waals surface area contributed by atoms with E-state index in [2.05, 4.69) is 4.98 Å². The lowest BCUT2D eigenvalue weighted by Gasteiger charge is -2.23. The maximum Gasteiger partial charge on any atom is 0.243 e. The third kappa shape index (κ3) is 6.22. The number of rotatable bonds is 11. The fourth-order valence-corrected chi connectivity index (χ4v) is 5.60. The first-order valence-corrected chi connectivity index (χ1v) is 13.2.